The molecule has 5 heteroatoms. The molecule has 98 valence electrons. The first kappa shape index (κ1) is 14.4. The molecule has 0 spiro atoms. The van der Waals surface area contributed by atoms with Crippen molar-refractivity contribution < 1.29 is 14.3 Å². The van der Waals surface area contributed by atoms with Crippen LogP contribution in [-0.4, -0.2) is 39.0 Å². The summed E-state index contributed by atoms with van der Waals surface area (Å²) in [6.45, 7) is 10.9. The quantitative estimate of drug-likeness (QED) is 0.726. The highest BCUT2D eigenvalue weighted by Gasteiger charge is 2.46. The van der Waals surface area contributed by atoms with Crippen LogP contribution in [0.2, 0.25) is 0 Å². The summed E-state index contributed by atoms with van der Waals surface area (Å²) < 4.78 is 5.36. The van der Waals surface area contributed by atoms with E-state index in [1.165, 1.54) is 6.92 Å². The molecule has 4 nitrogen and oxygen atoms in total. The lowest BCUT2D eigenvalue weighted by Gasteiger charge is -2.35. The predicted molar refractivity (Wildman–Crippen MR) is 69.1 cm³/mol. The summed E-state index contributed by atoms with van der Waals surface area (Å²) in [6.07, 6.45) is -0.410. The molecule has 1 aliphatic heterocycles. The van der Waals surface area contributed by atoms with Gasteiger partial charge in [0.25, 0.3) is 0 Å². The standard InChI is InChI=1S/C12H21NO3S/c1-8(14)9-7-17-12(5,6)13(9)10(15)16-11(2,3)4/h9H,7H2,1-6H3. The second-order valence-electron chi connectivity index (χ2n) is 5.73. The molecule has 1 saturated heterocycles. The van der Waals surface area contributed by atoms with E-state index in [9.17, 15) is 9.59 Å². The van der Waals surface area contributed by atoms with Gasteiger partial charge >= 0.3 is 6.09 Å². The van der Waals surface area contributed by atoms with Crippen LogP contribution in [0.5, 0.6) is 0 Å². The molecule has 0 saturated carbocycles. The van der Waals surface area contributed by atoms with Crippen LogP contribution in [0, 0.1) is 0 Å². The minimum Gasteiger partial charge on any atom is -0.444 e. The van der Waals surface area contributed by atoms with Crippen LogP contribution < -0.4 is 0 Å². The van der Waals surface area contributed by atoms with Gasteiger partial charge in [-0.3, -0.25) is 9.69 Å². The van der Waals surface area contributed by atoms with Crippen molar-refractivity contribution in [1.29, 1.82) is 0 Å². The fraction of sp³-hybridized carbons (Fsp3) is 0.833. The van der Waals surface area contributed by atoms with Crippen molar-refractivity contribution in [2.45, 2.75) is 58.1 Å². The molecule has 0 aromatic rings. The Balaban J connectivity index is 2.90. The average Bonchev–Trinajstić information content (AvgIpc) is 2.37. The number of hydrogen-bond donors (Lipinski definition) is 0. The number of rotatable bonds is 1. The zero-order valence-corrected chi connectivity index (χ0v) is 12.2. The normalized spacial score (nSPS) is 23.6. The van der Waals surface area contributed by atoms with Crippen LogP contribution in [0.4, 0.5) is 4.79 Å². The number of carbonyl (C=O) groups is 2. The number of nitrogens with zero attached hydrogens (tertiary/aromatic N) is 1. The lowest BCUT2D eigenvalue weighted by atomic mass is 10.1. The first-order valence-electron chi connectivity index (χ1n) is 5.71. The van der Waals surface area contributed by atoms with Crippen molar-refractivity contribution in [1.82, 2.24) is 4.90 Å². The van der Waals surface area contributed by atoms with E-state index >= 15 is 0 Å². The fourth-order valence-corrected chi connectivity index (χ4v) is 3.05. The minimum absolute atomic E-state index is 0.00827. The minimum atomic E-state index is -0.540. The Kier molecular flexibility index (Phi) is 3.81. The molecule has 1 rings (SSSR count). The molecule has 1 fully saturated rings. The summed E-state index contributed by atoms with van der Waals surface area (Å²) in [4.78, 5) is 24.9. The van der Waals surface area contributed by atoms with E-state index < -0.39 is 16.6 Å². The summed E-state index contributed by atoms with van der Waals surface area (Å²) in [5.74, 6) is 0.649. The van der Waals surface area contributed by atoms with Crippen LogP contribution in [0.15, 0.2) is 0 Å². The number of ketones is 1. The molecule has 0 bridgehead atoms. The molecule has 0 N–H and O–H groups in total. The van der Waals surface area contributed by atoms with Crippen molar-refractivity contribution in [3.63, 3.8) is 0 Å². The highest BCUT2D eigenvalue weighted by molar-refractivity contribution is 8.00. The van der Waals surface area contributed by atoms with Gasteiger partial charge in [0.2, 0.25) is 0 Å². The SMILES string of the molecule is CC(=O)C1CSC(C)(C)N1C(=O)OC(C)(C)C. The molecule has 0 aliphatic carbocycles. The number of ether oxygens (including phenoxy) is 1. The van der Waals surface area contributed by atoms with Crippen molar-refractivity contribution >= 4 is 23.6 Å². The summed E-state index contributed by atoms with van der Waals surface area (Å²) in [5, 5.41) is 0. The number of Topliss-reactive ketones (excluding diaryl/α,β-unsaturated/α-hetero) is 1. The van der Waals surface area contributed by atoms with E-state index in [1.807, 2.05) is 34.6 Å². The van der Waals surface area contributed by atoms with Crippen LogP contribution in [0.1, 0.15) is 41.5 Å². The van der Waals surface area contributed by atoms with Gasteiger partial charge in [0.05, 0.1) is 4.87 Å². The van der Waals surface area contributed by atoms with Crippen LogP contribution in [-0.2, 0) is 9.53 Å². The Hall–Kier alpha value is -0.710. The molecule has 0 aromatic heterocycles. The molecule has 1 atom stereocenters. The van der Waals surface area contributed by atoms with Gasteiger partial charge in [0, 0.05) is 5.75 Å². The molecule has 1 unspecified atom stereocenters. The van der Waals surface area contributed by atoms with Gasteiger partial charge in [-0.25, -0.2) is 4.79 Å². The lowest BCUT2D eigenvalue weighted by Crippen LogP contribution is -2.51. The van der Waals surface area contributed by atoms with E-state index in [-0.39, 0.29) is 11.8 Å². The van der Waals surface area contributed by atoms with Gasteiger partial charge in [-0.15, -0.1) is 11.8 Å². The van der Waals surface area contributed by atoms with Crippen LogP contribution in [0.25, 0.3) is 0 Å². The van der Waals surface area contributed by atoms with Crippen LogP contribution >= 0.6 is 11.8 Å². The Bertz CT molecular complexity index is 333. The molecule has 0 radical (unpaired) electrons. The average molecular weight is 259 g/mol. The zero-order valence-electron chi connectivity index (χ0n) is 11.4. The third-order valence-corrected chi connectivity index (χ3v) is 3.93. The molecule has 0 aromatic carbocycles. The summed E-state index contributed by atoms with van der Waals surface area (Å²) >= 11 is 1.60. The maximum Gasteiger partial charge on any atom is 0.412 e. The third kappa shape index (κ3) is 3.37. The Morgan fingerprint density at radius 1 is 1.35 bits per heavy atom. The van der Waals surface area contributed by atoms with E-state index in [0.29, 0.717) is 5.75 Å². The maximum absolute atomic E-state index is 12.1. The summed E-state index contributed by atoms with van der Waals surface area (Å²) in [6, 6.07) is -0.371. The molecule has 1 amide bonds. The van der Waals surface area contributed by atoms with Gasteiger partial charge < -0.3 is 4.74 Å². The molecular formula is C12H21NO3S. The number of hydrogen-bond acceptors (Lipinski definition) is 4. The number of carbonyl (C=O) groups excluding carboxylic acids is 2. The predicted octanol–water partition coefficient (Wildman–Crippen LogP) is 2.66. The molecule has 17 heavy (non-hydrogen) atoms. The molecular weight excluding hydrogens is 238 g/mol. The van der Waals surface area contributed by atoms with E-state index in [4.69, 9.17) is 4.74 Å². The highest BCUT2D eigenvalue weighted by Crippen LogP contribution is 2.39. The number of amides is 1. The summed E-state index contributed by atoms with van der Waals surface area (Å²) in [5.41, 5.74) is -0.540. The number of thioether (sulfide) groups is 1. The van der Waals surface area contributed by atoms with Gasteiger partial charge in [-0.1, -0.05) is 0 Å². The van der Waals surface area contributed by atoms with E-state index in [1.54, 1.807) is 16.7 Å². The zero-order chi connectivity index (χ0) is 13.4. The van der Waals surface area contributed by atoms with Crippen molar-refractivity contribution in [3.05, 3.63) is 0 Å². The first-order valence-corrected chi connectivity index (χ1v) is 6.70. The van der Waals surface area contributed by atoms with Crippen molar-refractivity contribution in [2.75, 3.05) is 5.75 Å². The van der Waals surface area contributed by atoms with Gasteiger partial charge in [-0.05, 0) is 41.5 Å². The second kappa shape index (κ2) is 4.52. The second-order valence-corrected chi connectivity index (χ2v) is 7.36. The lowest BCUT2D eigenvalue weighted by molar-refractivity contribution is -0.121. The van der Waals surface area contributed by atoms with Crippen LogP contribution in [0.3, 0.4) is 0 Å². The first-order chi connectivity index (χ1) is 7.54. The Labute approximate surface area is 107 Å². The fourth-order valence-electron chi connectivity index (χ4n) is 1.76. The molecule has 1 heterocycles. The van der Waals surface area contributed by atoms with Gasteiger partial charge in [0.15, 0.2) is 5.78 Å². The smallest absolute Gasteiger partial charge is 0.412 e. The monoisotopic (exact) mass is 259 g/mol. The van der Waals surface area contributed by atoms with Crippen molar-refractivity contribution in [3.8, 4) is 0 Å². The Morgan fingerprint density at radius 3 is 2.29 bits per heavy atom. The van der Waals surface area contributed by atoms with Gasteiger partial charge in [-0.2, -0.15) is 0 Å². The third-order valence-electron chi connectivity index (χ3n) is 2.55. The maximum atomic E-state index is 12.1. The Morgan fingerprint density at radius 2 is 1.88 bits per heavy atom. The highest BCUT2D eigenvalue weighted by atomic mass is 32.2. The molecule has 1 aliphatic rings. The van der Waals surface area contributed by atoms with Crippen molar-refractivity contribution in [2.24, 2.45) is 0 Å². The topological polar surface area (TPSA) is 46.6 Å². The van der Waals surface area contributed by atoms with E-state index in [0.717, 1.165) is 0 Å². The van der Waals surface area contributed by atoms with Gasteiger partial charge in [0.1, 0.15) is 11.6 Å². The summed E-state index contributed by atoms with van der Waals surface area (Å²) in [7, 11) is 0. The van der Waals surface area contributed by atoms with E-state index in [2.05, 4.69) is 0 Å². The largest absolute Gasteiger partial charge is 0.444 e.